The molecule has 0 saturated heterocycles. The van der Waals surface area contributed by atoms with Crippen LogP contribution in [0.2, 0.25) is 0 Å². The fraction of sp³-hybridized carbons (Fsp3) is 0.125. The van der Waals surface area contributed by atoms with Crippen LogP contribution in [0.15, 0.2) is 64.0 Å². The van der Waals surface area contributed by atoms with Crippen molar-refractivity contribution in [2.75, 3.05) is 11.9 Å². The highest BCUT2D eigenvalue weighted by atomic mass is 79.9. The lowest BCUT2D eigenvalue weighted by molar-refractivity contribution is 0.869. The zero-order valence-electron chi connectivity index (χ0n) is 11.5. The standard InChI is InChI=1S/C16H14BrN3O/c1-19(14-5-3-2-4-6-14)11-13-9-16(21)20-10-12(17)7-8-15(20)18-13/h2-10H,11H2,1H3. The summed E-state index contributed by atoms with van der Waals surface area (Å²) in [7, 11) is 1.99. The van der Waals surface area contributed by atoms with E-state index in [4.69, 9.17) is 0 Å². The number of anilines is 1. The van der Waals surface area contributed by atoms with Crippen LogP contribution < -0.4 is 10.5 Å². The van der Waals surface area contributed by atoms with Gasteiger partial charge in [-0.3, -0.25) is 9.20 Å². The van der Waals surface area contributed by atoms with Crippen molar-refractivity contribution >= 4 is 27.3 Å². The number of fused-ring (bicyclic) bond motifs is 1. The molecule has 2 aromatic heterocycles. The van der Waals surface area contributed by atoms with Crippen molar-refractivity contribution in [2.45, 2.75) is 6.54 Å². The summed E-state index contributed by atoms with van der Waals surface area (Å²) in [6.07, 6.45) is 1.73. The Bertz CT molecular complexity index is 830. The molecule has 2 heterocycles. The zero-order valence-corrected chi connectivity index (χ0v) is 13.1. The van der Waals surface area contributed by atoms with Crippen LogP contribution in [0, 0.1) is 0 Å². The van der Waals surface area contributed by atoms with Gasteiger partial charge >= 0.3 is 0 Å². The third kappa shape index (κ3) is 2.97. The summed E-state index contributed by atoms with van der Waals surface area (Å²) in [4.78, 5) is 18.8. The van der Waals surface area contributed by atoms with Crippen LogP contribution in [0.4, 0.5) is 5.69 Å². The van der Waals surface area contributed by atoms with Crippen LogP contribution in [0.3, 0.4) is 0 Å². The third-order valence-corrected chi connectivity index (χ3v) is 3.74. The van der Waals surface area contributed by atoms with Gasteiger partial charge in [0.1, 0.15) is 5.65 Å². The van der Waals surface area contributed by atoms with Crippen molar-refractivity contribution in [3.63, 3.8) is 0 Å². The number of para-hydroxylation sites is 1. The highest BCUT2D eigenvalue weighted by molar-refractivity contribution is 9.10. The highest BCUT2D eigenvalue weighted by Crippen LogP contribution is 2.14. The third-order valence-electron chi connectivity index (χ3n) is 3.27. The molecule has 5 heteroatoms. The molecule has 3 aromatic rings. The van der Waals surface area contributed by atoms with Gasteiger partial charge in [-0.25, -0.2) is 4.98 Å². The van der Waals surface area contributed by atoms with Crippen LogP contribution in [0.5, 0.6) is 0 Å². The van der Waals surface area contributed by atoms with Gasteiger partial charge in [0.15, 0.2) is 0 Å². The van der Waals surface area contributed by atoms with E-state index in [0.29, 0.717) is 12.2 Å². The normalized spacial score (nSPS) is 10.8. The average Bonchev–Trinajstić information content (AvgIpc) is 2.49. The van der Waals surface area contributed by atoms with Gasteiger partial charge in [0.2, 0.25) is 0 Å². The Morgan fingerprint density at radius 3 is 2.71 bits per heavy atom. The summed E-state index contributed by atoms with van der Waals surface area (Å²) < 4.78 is 2.39. The molecule has 0 amide bonds. The number of rotatable bonds is 3. The van der Waals surface area contributed by atoms with Gasteiger partial charge in [-0.2, -0.15) is 0 Å². The van der Waals surface area contributed by atoms with Crippen molar-refractivity contribution in [3.8, 4) is 0 Å². The van der Waals surface area contributed by atoms with E-state index in [9.17, 15) is 4.79 Å². The van der Waals surface area contributed by atoms with E-state index >= 15 is 0 Å². The molecule has 1 aromatic carbocycles. The van der Waals surface area contributed by atoms with E-state index in [1.54, 1.807) is 12.3 Å². The molecular weight excluding hydrogens is 330 g/mol. The molecule has 3 rings (SSSR count). The van der Waals surface area contributed by atoms with Crippen LogP contribution in [-0.4, -0.2) is 16.4 Å². The first-order valence-electron chi connectivity index (χ1n) is 6.57. The quantitative estimate of drug-likeness (QED) is 0.733. The van der Waals surface area contributed by atoms with Crippen molar-refractivity contribution in [3.05, 3.63) is 75.2 Å². The fourth-order valence-corrected chi connectivity index (χ4v) is 2.56. The van der Waals surface area contributed by atoms with Gasteiger partial charge in [0.25, 0.3) is 5.56 Å². The molecule has 0 aliphatic heterocycles. The number of halogens is 1. The van der Waals surface area contributed by atoms with Crippen LogP contribution in [-0.2, 0) is 6.54 Å². The van der Waals surface area contributed by atoms with Crippen LogP contribution >= 0.6 is 15.9 Å². The number of benzene rings is 1. The molecule has 0 aliphatic carbocycles. The largest absolute Gasteiger partial charge is 0.369 e. The summed E-state index contributed by atoms with van der Waals surface area (Å²) in [6.45, 7) is 0.589. The second kappa shape index (κ2) is 5.69. The maximum absolute atomic E-state index is 12.2. The molecule has 21 heavy (non-hydrogen) atoms. The summed E-state index contributed by atoms with van der Waals surface area (Å²) in [6, 6.07) is 15.3. The monoisotopic (exact) mass is 343 g/mol. The van der Waals surface area contributed by atoms with E-state index in [1.165, 1.54) is 4.40 Å². The Labute approximate surface area is 130 Å². The van der Waals surface area contributed by atoms with Gasteiger partial charge in [0, 0.05) is 29.5 Å². The Morgan fingerprint density at radius 1 is 1.19 bits per heavy atom. The molecule has 0 saturated carbocycles. The minimum atomic E-state index is -0.0715. The molecular formula is C16H14BrN3O. The second-order valence-electron chi connectivity index (χ2n) is 4.85. The summed E-state index contributed by atoms with van der Waals surface area (Å²) >= 11 is 3.36. The maximum Gasteiger partial charge on any atom is 0.258 e. The summed E-state index contributed by atoms with van der Waals surface area (Å²) in [5.41, 5.74) is 2.43. The Morgan fingerprint density at radius 2 is 1.95 bits per heavy atom. The van der Waals surface area contributed by atoms with E-state index < -0.39 is 0 Å². The smallest absolute Gasteiger partial charge is 0.258 e. The summed E-state index contributed by atoms with van der Waals surface area (Å²) in [5.74, 6) is 0. The van der Waals surface area contributed by atoms with E-state index in [0.717, 1.165) is 15.9 Å². The molecule has 0 atom stereocenters. The number of aromatic nitrogens is 2. The average molecular weight is 344 g/mol. The van der Waals surface area contributed by atoms with Gasteiger partial charge in [-0.15, -0.1) is 0 Å². The fourth-order valence-electron chi connectivity index (χ4n) is 2.22. The van der Waals surface area contributed by atoms with Crippen LogP contribution in [0.25, 0.3) is 5.65 Å². The van der Waals surface area contributed by atoms with Gasteiger partial charge < -0.3 is 4.90 Å². The molecule has 0 aliphatic rings. The second-order valence-corrected chi connectivity index (χ2v) is 5.77. The molecule has 106 valence electrons. The van der Waals surface area contributed by atoms with Crippen molar-refractivity contribution in [1.29, 1.82) is 0 Å². The lowest BCUT2D eigenvalue weighted by atomic mass is 10.3. The van der Waals surface area contributed by atoms with Crippen molar-refractivity contribution in [1.82, 2.24) is 9.38 Å². The van der Waals surface area contributed by atoms with E-state index in [1.807, 2.05) is 49.5 Å². The SMILES string of the molecule is CN(Cc1cc(=O)n2cc(Br)ccc2n1)c1ccccc1. The molecule has 0 spiro atoms. The first-order chi connectivity index (χ1) is 10.1. The molecule has 0 fully saturated rings. The number of hydrogen-bond donors (Lipinski definition) is 0. The molecule has 0 radical (unpaired) electrons. The lowest BCUT2D eigenvalue weighted by Crippen LogP contribution is -2.21. The molecule has 4 nitrogen and oxygen atoms in total. The van der Waals surface area contributed by atoms with E-state index in [-0.39, 0.29) is 5.56 Å². The zero-order chi connectivity index (χ0) is 14.8. The first-order valence-corrected chi connectivity index (χ1v) is 7.37. The van der Waals surface area contributed by atoms with Gasteiger partial charge in [-0.1, -0.05) is 18.2 Å². The Kier molecular flexibility index (Phi) is 3.75. The summed E-state index contributed by atoms with van der Waals surface area (Å²) in [5, 5.41) is 0. The lowest BCUT2D eigenvalue weighted by Gasteiger charge is -2.18. The molecule has 0 N–H and O–H groups in total. The highest BCUT2D eigenvalue weighted by Gasteiger charge is 2.06. The minimum Gasteiger partial charge on any atom is -0.369 e. The van der Waals surface area contributed by atoms with Crippen molar-refractivity contribution < 1.29 is 0 Å². The Balaban J connectivity index is 1.95. The minimum absolute atomic E-state index is 0.0715. The number of pyridine rings is 1. The number of hydrogen-bond acceptors (Lipinski definition) is 3. The molecule has 0 unspecified atom stereocenters. The van der Waals surface area contributed by atoms with Gasteiger partial charge in [-0.05, 0) is 40.2 Å². The predicted molar refractivity (Wildman–Crippen MR) is 87.7 cm³/mol. The van der Waals surface area contributed by atoms with Crippen molar-refractivity contribution in [2.24, 2.45) is 0 Å². The van der Waals surface area contributed by atoms with Crippen LogP contribution in [0.1, 0.15) is 5.69 Å². The van der Waals surface area contributed by atoms with E-state index in [2.05, 4.69) is 25.8 Å². The number of nitrogens with zero attached hydrogens (tertiary/aromatic N) is 3. The molecule has 0 bridgehead atoms. The Hall–Kier alpha value is -2.14. The van der Waals surface area contributed by atoms with Gasteiger partial charge in [0.05, 0.1) is 12.2 Å². The first kappa shape index (κ1) is 13.8. The topological polar surface area (TPSA) is 37.6 Å². The predicted octanol–water partition coefficient (Wildman–Crippen LogP) is 3.09. The maximum atomic E-state index is 12.2.